The first kappa shape index (κ1) is 20.4. The Hall–Kier alpha value is -2.84. The van der Waals surface area contributed by atoms with E-state index in [0.29, 0.717) is 30.0 Å². The Kier molecular flexibility index (Phi) is 6.06. The lowest BCUT2D eigenvalue weighted by atomic mass is 9.88. The third-order valence-corrected chi connectivity index (χ3v) is 5.74. The predicted molar refractivity (Wildman–Crippen MR) is 116 cm³/mol. The van der Waals surface area contributed by atoms with Crippen LogP contribution in [0.3, 0.4) is 0 Å². The minimum Gasteiger partial charge on any atom is -0.484 e. The monoisotopic (exact) mass is 428 g/mol. The summed E-state index contributed by atoms with van der Waals surface area (Å²) >= 11 is 6.15. The predicted octanol–water partition coefficient (Wildman–Crippen LogP) is 2.85. The van der Waals surface area contributed by atoms with Crippen molar-refractivity contribution >= 4 is 23.0 Å². The number of ether oxygens (including phenoxy) is 2. The van der Waals surface area contributed by atoms with Crippen molar-refractivity contribution in [2.24, 2.45) is 11.7 Å². The summed E-state index contributed by atoms with van der Waals surface area (Å²) in [6, 6.07) is 3.90. The molecule has 0 fully saturated rings. The van der Waals surface area contributed by atoms with E-state index >= 15 is 0 Å². The minimum absolute atomic E-state index is 0.241. The molecule has 2 aromatic heterocycles. The molecule has 30 heavy (non-hydrogen) atoms. The van der Waals surface area contributed by atoms with Crippen molar-refractivity contribution in [3.63, 3.8) is 0 Å². The molecule has 0 saturated carbocycles. The van der Waals surface area contributed by atoms with Gasteiger partial charge in [-0.2, -0.15) is 0 Å². The van der Waals surface area contributed by atoms with Crippen LogP contribution in [0.5, 0.6) is 11.6 Å². The molecule has 2 aliphatic rings. The van der Waals surface area contributed by atoms with E-state index in [1.807, 2.05) is 24.4 Å². The second-order valence-electron chi connectivity index (χ2n) is 7.44. The number of anilines is 1. The van der Waals surface area contributed by atoms with E-state index in [1.165, 1.54) is 6.33 Å². The number of allylic oxidation sites excluding steroid dienone is 2. The van der Waals surface area contributed by atoms with Gasteiger partial charge in [-0.1, -0.05) is 25.4 Å². The van der Waals surface area contributed by atoms with Gasteiger partial charge in [0, 0.05) is 36.1 Å². The third-order valence-electron chi connectivity index (χ3n) is 5.39. The average Bonchev–Trinajstić information content (AvgIpc) is 2.78. The standard InChI is InChI=1S/C21H25ClN6O2/c1-12(13(2)15-3-4-24-21-19(15)29-5-6-30-21)9-25-18-8-17(27-11-28-18)14-7-16(22)20(23)26-10-14/h3-4,7-8,10-13,20,26H,5-6,9,23H2,1-2H3,(H,25,27,28)/t12-,13?,20?/m1/s1. The Morgan fingerprint density at radius 2 is 2.10 bits per heavy atom. The largest absolute Gasteiger partial charge is 0.484 e. The fourth-order valence-electron chi connectivity index (χ4n) is 3.38. The van der Waals surface area contributed by atoms with Crippen LogP contribution in [0.1, 0.15) is 31.0 Å². The van der Waals surface area contributed by atoms with Crippen molar-refractivity contribution in [1.29, 1.82) is 0 Å². The van der Waals surface area contributed by atoms with E-state index in [1.54, 1.807) is 6.20 Å². The first-order valence-electron chi connectivity index (χ1n) is 9.92. The average molecular weight is 429 g/mol. The van der Waals surface area contributed by atoms with Crippen LogP contribution in [0.2, 0.25) is 0 Å². The maximum atomic E-state index is 6.15. The molecule has 2 aliphatic heterocycles. The van der Waals surface area contributed by atoms with Crippen LogP contribution in [0.25, 0.3) is 5.57 Å². The van der Waals surface area contributed by atoms with Crippen LogP contribution in [-0.2, 0) is 0 Å². The molecule has 9 heteroatoms. The quantitative estimate of drug-likeness (QED) is 0.644. The van der Waals surface area contributed by atoms with E-state index in [-0.39, 0.29) is 12.1 Å². The molecule has 2 aromatic rings. The number of hydrogen-bond donors (Lipinski definition) is 3. The highest BCUT2D eigenvalue weighted by Crippen LogP contribution is 2.38. The van der Waals surface area contributed by atoms with Crippen LogP contribution < -0.4 is 25.8 Å². The maximum absolute atomic E-state index is 6.15. The van der Waals surface area contributed by atoms with Gasteiger partial charge in [-0.05, 0) is 24.0 Å². The number of rotatable bonds is 6. The first-order chi connectivity index (χ1) is 14.5. The maximum Gasteiger partial charge on any atom is 0.257 e. The SMILES string of the molecule is CC(c1ccnc2c1OCCO2)[C@H](C)CNc1cc(C2=CNC(N)C(Cl)=C2)ncn1. The summed E-state index contributed by atoms with van der Waals surface area (Å²) in [5, 5.41) is 6.96. The number of nitrogens with zero attached hydrogens (tertiary/aromatic N) is 3. The number of dihydropyridines is 1. The number of nitrogens with two attached hydrogens (primary N) is 1. The summed E-state index contributed by atoms with van der Waals surface area (Å²) in [6.07, 6.45) is 6.54. The van der Waals surface area contributed by atoms with E-state index in [9.17, 15) is 0 Å². The van der Waals surface area contributed by atoms with Crippen LogP contribution in [0.15, 0.2) is 42.0 Å². The van der Waals surface area contributed by atoms with Gasteiger partial charge in [0.25, 0.3) is 5.88 Å². The molecule has 0 aromatic carbocycles. The molecule has 0 spiro atoms. The van der Waals surface area contributed by atoms with Crippen molar-refractivity contribution in [3.8, 4) is 11.6 Å². The fraction of sp³-hybridized carbons (Fsp3) is 0.381. The molecular formula is C21H25ClN6O2. The van der Waals surface area contributed by atoms with Gasteiger partial charge < -0.3 is 25.8 Å². The molecule has 0 bridgehead atoms. The number of pyridine rings is 1. The molecule has 2 unspecified atom stereocenters. The summed E-state index contributed by atoms with van der Waals surface area (Å²) in [4.78, 5) is 12.9. The smallest absolute Gasteiger partial charge is 0.257 e. The molecule has 0 amide bonds. The molecule has 4 rings (SSSR count). The highest BCUT2D eigenvalue weighted by atomic mass is 35.5. The Morgan fingerprint density at radius 1 is 1.27 bits per heavy atom. The van der Waals surface area contributed by atoms with Gasteiger partial charge in [-0.25, -0.2) is 15.0 Å². The molecule has 0 aliphatic carbocycles. The number of hydrogen-bond acceptors (Lipinski definition) is 8. The van der Waals surface area contributed by atoms with Gasteiger partial charge in [0.2, 0.25) is 0 Å². The summed E-state index contributed by atoms with van der Waals surface area (Å²) in [5.74, 6) is 2.63. The van der Waals surface area contributed by atoms with E-state index in [2.05, 4.69) is 39.4 Å². The molecule has 3 atom stereocenters. The van der Waals surface area contributed by atoms with Crippen molar-refractivity contribution in [1.82, 2.24) is 20.3 Å². The van der Waals surface area contributed by atoms with Gasteiger partial charge in [-0.15, -0.1) is 0 Å². The van der Waals surface area contributed by atoms with Gasteiger partial charge >= 0.3 is 0 Å². The number of fused-ring (bicyclic) bond motifs is 1. The molecule has 0 radical (unpaired) electrons. The van der Waals surface area contributed by atoms with Crippen LogP contribution >= 0.6 is 11.6 Å². The second-order valence-corrected chi connectivity index (χ2v) is 7.88. The van der Waals surface area contributed by atoms with E-state index in [0.717, 1.165) is 34.9 Å². The van der Waals surface area contributed by atoms with E-state index < -0.39 is 0 Å². The van der Waals surface area contributed by atoms with Crippen LogP contribution in [0, 0.1) is 5.92 Å². The first-order valence-corrected chi connectivity index (χ1v) is 10.3. The van der Waals surface area contributed by atoms with Gasteiger partial charge in [0.15, 0.2) is 5.75 Å². The fourth-order valence-corrected chi connectivity index (χ4v) is 3.56. The number of nitrogens with one attached hydrogen (secondary N) is 2. The van der Waals surface area contributed by atoms with E-state index in [4.69, 9.17) is 26.8 Å². The molecule has 8 nitrogen and oxygen atoms in total. The zero-order valence-corrected chi connectivity index (χ0v) is 17.7. The van der Waals surface area contributed by atoms with Crippen molar-refractivity contribution in [2.75, 3.05) is 25.1 Å². The number of aromatic nitrogens is 3. The Balaban J connectivity index is 1.43. The summed E-state index contributed by atoms with van der Waals surface area (Å²) in [7, 11) is 0. The highest BCUT2D eigenvalue weighted by Gasteiger charge is 2.24. The zero-order chi connectivity index (χ0) is 21.1. The van der Waals surface area contributed by atoms with Crippen LogP contribution in [0.4, 0.5) is 5.82 Å². The van der Waals surface area contributed by atoms with Gasteiger partial charge in [0.1, 0.15) is 31.5 Å². The highest BCUT2D eigenvalue weighted by molar-refractivity contribution is 6.31. The topological polar surface area (TPSA) is 107 Å². The molecule has 0 saturated heterocycles. The lowest BCUT2D eigenvalue weighted by Crippen LogP contribution is -2.36. The van der Waals surface area contributed by atoms with Gasteiger partial charge in [-0.3, -0.25) is 0 Å². The Labute approximate surface area is 180 Å². The van der Waals surface area contributed by atoms with Gasteiger partial charge in [0.05, 0.1) is 10.7 Å². The van der Waals surface area contributed by atoms with Crippen LogP contribution in [-0.4, -0.2) is 40.9 Å². The third kappa shape index (κ3) is 4.34. The number of halogens is 1. The minimum atomic E-state index is -0.384. The molecule has 4 heterocycles. The lowest BCUT2D eigenvalue weighted by molar-refractivity contribution is 0.161. The zero-order valence-electron chi connectivity index (χ0n) is 16.9. The summed E-state index contributed by atoms with van der Waals surface area (Å²) in [6.45, 7) is 6.17. The Bertz CT molecular complexity index is 980. The summed E-state index contributed by atoms with van der Waals surface area (Å²) in [5.41, 5.74) is 8.55. The molecular weight excluding hydrogens is 404 g/mol. The normalized spacial score (nSPS) is 19.8. The lowest BCUT2D eigenvalue weighted by Gasteiger charge is -2.26. The molecule has 158 valence electrons. The van der Waals surface area contributed by atoms with Crippen molar-refractivity contribution in [3.05, 3.63) is 53.2 Å². The summed E-state index contributed by atoms with van der Waals surface area (Å²) < 4.78 is 11.4. The second kappa shape index (κ2) is 8.89. The molecule has 4 N–H and O–H groups in total. The Morgan fingerprint density at radius 3 is 2.93 bits per heavy atom. The van der Waals surface area contributed by atoms with Crippen molar-refractivity contribution < 1.29 is 9.47 Å². The van der Waals surface area contributed by atoms with Crippen molar-refractivity contribution in [2.45, 2.75) is 25.9 Å².